The van der Waals surface area contributed by atoms with Crippen LogP contribution in [0.1, 0.15) is 12.5 Å². The summed E-state index contributed by atoms with van der Waals surface area (Å²) in [5.41, 5.74) is 2.48. The highest BCUT2D eigenvalue weighted by Crippen LogP contribution is 2.29. The number of aromatic nitrogens is 2. The lowest BCUT2D eigenvalue weighted by atomic mass is 10.1. The van der Waals surface area contributed by atoms with Crippen molar-refractivity contribution in [2.45, 2.75) is 26.3 Å². The van der Waals surface area contributed by atoms with Gasteiger partial charge < -0.3 is 14.8 Å². The van der Waals surface area contributed by atoms with E-state index < -0.39 is 28.9 Å². The van der Waals surface area contributed by atoms with Gasteiger partial charge in [0.2, 0.25) is 0 Å². The third kappa shape index (κ3) is 8.56. The van der Waals surface area contributed by atoms with Crippen LogP contribution in [0.4, 0.5) is 24.7 Å². The van der Waals surface area contributed by atoms with Gasteiger partial charge in [-0.1, -0.05) is 6.58 Å². The molecule has 0 amide bonds. The quantitative estimate of drug-likeness (QED) is 0.296. The Kier molecular flexibility index (Phi) is 9.08. The standard InChI is InChI=1S/C21H26F3N5O3S/c1-6-31-20(21(22,23)24)32-13-25-9-7-8-15(3)28-19-18-14(2)10-16(29-33(4,5)30)11-17(18)26-12-27-19/h7-12,20H,3,6,13H2,1-2,4-5H3,(H,26,27,28)/b8-7-,25-9?. The van der Waals surface area contributed by atoms with Crippen LogP contribution in [0.25, 0.3) is 10.9 Å². The van der Waals surface area contributed by atoms with Crippen LogP contribution < -0.4 is 5.32 Å². The van der Waals surface area contributed by atoms with Gasteiger partial charge in [0.1, 0.15) is 18.9 Å². The number of hydrogen-bond acceptors (Lipinski definition) is 8. The van der Waals surface area contributed by atoms with Crippen LogP contribution >= 0.6 is 0 Å². The van der Waals surface area contributed by atoms with E-state index in [0.29, 0.717) is 22.7 Å². The fourth-order valence-electron chi connectivity index (χ4n) is 2.73. The Morgan fingerprint density at radius 1 is 1.30 bits per heavy atom. The van der Waals surface area contributed by atoms with E-state index in [4.69, 9.17) is 0 Å². The minimum atomic E-state index is -4.63. The van der Waals surface area contributed by atoms with Crippen molar-refractivity contribution in [3.05, 3.63) is 48.5 Å². The van der Waals surface area contributed by atoms with Crippen LogP contribution in [0.2, 0.25) is 0 Å². The van der Waals surface area contributed by atoms with Crippen molar-refractivity contribution >= 4 is 38.4 Å². The Bertz CT molecular complexity index is 1160. The number of allylic oxidation sites excluding steroid dienone is 2. The van der Waals surface area contributed by atoms with Crippen molar-refractivity contribution in [3.63, 3.8) is 0 Å². The number of fused-ring (bicyclic) bond motifs is 1. The molecular formula is C21H26F3N5O3S. The first-order valence-electron chi connectivity index (χ1n) is 9.75. The zero-order chi connectivity index (χ0) is 24.6. The van der Waals surface area contributed by atoms with Crippen LogP contribution in [0.15, 0.2) is 52.2 Å². The summed E-state index contributed by atoms with van der Waals surface area (Å²) in [6, 6.07) is 3.52. The van der Waals surface area contributed by atoms with Gasteiger partial charge in [0.05, 0.1) is 11.2 Å². The molecule has 1 aromatic carbocycles. The van der Waals surface area contributed by atoms with Gasteiger partial charge in [-0.05, 0) is 43.7 Å². The summed E-state index contributed by atoms with van der Waals surface area (Å²) in [6.07, 6.45) is 1.91. The lowest BCUT2D eigenvalue weighted by molar-refractivity contribution is -0.308. The van der Waals surface area contributed by atoms with E-state index in [1.165, 1.54) is 25.5 Å². The number of rotatable bonds is 10. The second-order valence-corrected chi connectivity index (χ2v) is 9.66. The molecule has 2 rings (SSSR count). The van der Waals surface area contributed by atoms with E-state index in [9.17, 15) is 17.4 Å². The van der Waals surface area contributed by atoms with Crippen LogP contribution in [0.5, 0.6) is 0 Å². The van der Waals surface area contributed by atoms with Crippen molar-refractivity contribution in [3.8, 4) is 0 Å². The second kappa shape index (κ2) is 11.3. The van der Waals surface area contributed by atoms with E-state index >= 15 is 0 Å². The lowest BCUT2D eigenvalue weighted by Crippen LogP contribution is -2.34. The first-order valence-corrected chi connectivity index (χ1v) is 12.1. The molecule has 180 valence electrons. The Labute approximate surface area is 190 Å². The number of nitrogens with zero attached hydrogens (tertiary/aromatic N) is 4. The number of nitrogens with one attached hydrogen (secondary N) is 1. The third-order valence-electron chi connectivity index (χ3n) is 3.90. The van der Waals surface area contributed by atoms with Gasteiger partial charge in [-0.25, -0.2) is 14.2 Å². The molecule has 8 nitrogen and oxygen atoms in total. The van der Waals surface area contributed by atoms with Gasteiger partial charge in [0, 0.05) is 46.1 Å². The van der Waals surface area contributed by atoms with Gasteiger partial charge in [-0.2, -0.15) is 17.5 Å². The Morgan fingerprint density at radius 3 is 2.67 bits per heavy atom. The van der Waals surface area contributed by atoms with E-state index in [1.807, 2.05) is 6.92 Å². The van der Waals surface area contributed by atoms with Gasteiger partial charge >= 0.3 is 6.18 Å². The molecule has 0 aliphatic carbocycles. The number of aliphatic imine (C=N–C) groups is 1. The monoisotopic (exact) mass is 485 g/mol. The van der Waals surface area contributed by atoms with Crippen molar-refractivity contribution in [1.82, 2.24) is 9.97 Å². The highest BCUT2D eigenvalue weighted by Gasteiger charge is 2.41. The molecule has 0 radical (unpaired) electrons. The van der Waals surface area contributed by atoms with Gasteiger partial charge in [-0.15, -0.1) is 0 Å². The average molecular weight is 486 g/mol. The molecule has 1 N–H and O–H groups in total. The van der Waals surface area contributed by atoms with Gasteiger partial charge in [0.25, 0.3) is 6.29 Å². The van der Waals surface area contributed by atoms with Crippen molar-refractivity contribution in [2.75, 3.05) is 31.2 Å². The topological polar surface area (TPSA) is 98.1 Å². The van der Waals surface area contributed by atoms with E-state index in [2.05, 4.69) is 40.7 Å². The average Bonchev–Trinajstić information content (AvgIpc) is 2.67. The van der Waals surface area contributed by atoms with Gasteiger partial charge in [0.15, 0.2) is 0 Å². The Balaban J connectivity index is 2.05. The predicted octanol–water partition coefficient (Wildman–Crippen LogP) is 4.75. The first-order chi connectivity index (χ1) is 15.4. The third-order valence-corrected chi connectivity index (χ3v) is 4.55. The fraction of sp³-hybridized carbons (Fsp3) is 0.381. The van der Waals surface area contributed by atoms with Gasteiger partial charge in [-0.3, -0.25) is 4.99 Å². The molecular weight excluding hydrogens is 459 g/mol. The van der Waals surface area contributed by atoms with Crippen molar-refractivity contribution in [2.24, 2.45) is 9.36 Å². The van der Waals surface area contributed by atoms with E-state index in [-0.39, 0.29) is 6.61 Å². The molecule has 0 aliphatic rings. The fourth-order valence-corrected chi connectivity index (χ4v) is 3.34. The summed E-state index contributed by atoms with van der Waals surface area (Å²) in [5, 5.41) is 3.81. The molecule has 12 heteroatoms. The molecule has 1 atom stereocenters. The molecule has 0 spiro atoms. The summed E-state index contributed by atoms with van der Waals surface area (Å²) in [6.45, 7) is 6.54. The lowest BCUT2D eigenvalue weighted by Gasteiger charge is -2.18. The molecule has 2 aromatic rings. The number of halogens is 3. The molecule has 0 fully saturated rings. The molecule has 1 aromatic heterocycles. The number of alkyl halides is 3. The first kappa shape index (κ1) is 26.4. The summed E-state index contributed by atoms with van der Waals surface area (Å²) in [7, 11) is -2.32. The maximum absolute atomic E-state index is 12.7. The number of aryl methyl sites for hydroxylation is 1. The molecule has 0 saturated carbocycles. The number of hydrogen-bond donors (Lipinski definition) is 1. The molecule has 0 saturated heterocycles. The minimum absolute atomic E-state index is 0.135. The number of benzene rings is 1. The van der Waals surface area contributed by atoms with Crippen LogP contribution in [0.3, 0.4) is 0 Å². The van der Waals surface area contributed by atoms with Crippen LogP contribution in [-0.4, -0.2) is 58.7 Å². The maximum Gasteiger partial charge on any atom is 0.440 e. The Hall–Kier alpha value is -2.83. The zero-order valence-corrected chi connectivity index (χ0v) is 19.5. The van der Waals surface area contributed by atoms with Crippen molar-refractivity contribution in [1.29, 1.82) is 0 Å². The Morgan fingerprint density at radius 2 is 2.03 bits per heavy atom. The molecule has 1 heterocycles. The van der Waals surface area contributed by atoms with E-state index in [0.717, 1.165) is 10.9 Å². The molecule has 33 heavy (non-hydrogen) atoms. The smallest absolute Gasteiger partial charge is 0.345 e. The minimum Gasteiger partial charge on any atom is -0.345 e. The highest BCUT2D eigenvalue weighted by molar-refractivity contribution is 7.92. The zero-order valence-electron chi connectivity index (χ0n) is 18.7. The highest BCUT2D eigenvalue weighted by atomic mass is 32.2. The summed E-state index contributed by atoms with van der Waals surface area (Å²) >= 11 is 0. The second-order valence-electron chi connectivity index (χ2n) is 7.12. The molecule has 1 unspecified atom stereocenters. The normalized spacial score (nSPS) is 13.7. The SMILES string of the molecule is C=C(/C=C\C=NCOC(OCC)C(F)(F)F)Nc1ncnc2cc(N=S(C)(C)=O)cc(C)c12. The summed E-state index contributed by atoms with van der Waals surface area (Å²) in [5.74, 6) is 0.512. The largest absolute Gasteiger partial charge is 0.440 e. The predicted molar refractivity (Wildman–Crippen MR) is 124 cm³/mol. The summed E-state index contributed by atoms with van der Waals surface area (Å²) in [4.78, 5) is 12.3. The summed E-state index contributed by atoms with van der Waals surface area (Å²) < 4.78 is 63.3. The van der Waals surface area contributed by atoms with Crippen LogP contribution in [-0.2, 0) is 19.2 Å². The molecule has 0 aliphatic heterocycles. The molecule has 0 bridgehead atoms. The maximum atomic E-state index is 12.7. The van der Waals surface area contributed by atoms with E-state index in [1.54, 1.807) is 30.7 Å². The van der Waals surface area contributed by atoms with Crippen molar-refractivity contribution < 1.29 is 26.9 Å². The number of anilines is 1. The van der Waals surface area contributed by atoms with Crippen LogP contribution in [0, 0.1) is 6.92 Å². The number of ether oxygens (including phenoxy) is 2.